The van der Waals surface area contributed by atoms with Gasteiger partial charge in [0.1, 0.15) is 0 Å². The van der Waals surface area contributed by atoms with Gasteiger partial charge in [0.2, 0.25) is 0 Å². The van der Waals surface area contributed by atoms with Gasteiger partial charge in [-0.15, -0.1) is 0 Å². The first-order chi connectivity index (χ1) is 5.43. The second kappa shape index (κ2) is 2.20. The second-order valence-corrected chi connectivity index (χ2v) is 4.34. The van der Waals surface area contributed by atoms with Crippen molar-refractivity contribution in [1.82, 2.24) is 10.2 Å². The summed E-state index contributed by atoms with van der Waals surface area (Å²) in [4.78, 5) is 2.70. The lowest BCUT2D eigenvalue weighted by Crippen LogP contribution is -2.53. The maximum absolute atomic E-state index is 3.48. The molecule has 1 saturated carbocycles. The molecule has 0 aromatic carbocycles. The van der Waals surface area contributed by atoms with E-state index in [1.54, 1.807) is 0 Å². The summed E-state index contributed by atoms with van der Waals surface area (Å²) in [5, 5.41) is 3.48. The third-order valence-corrected chi connectivity index (χ3v) is 3.59. The Bertz CT molecular complexity index is 151. The van der Waals surface area contributed by atoms with Gasteiger partial charge in [-0.2, -0.15) is 0 Å². The van der Waals surface area contributed by atoms with Crippen molar-refractivity contribution >= 4 is 0 Å². The Morgan fingerprint density at radius 3 is 3.18 bits per heavy atom. The van der Waals surface area contributed by atoms with Gasteiger partial charge in [-0.3, -0.25) is 4.90 Å². The van der Waals surface area contributed by atoms with E-state index >= 15 is 0 Å². The van der Waals surface area contributed by atoms with E-state index in [0.29, 0.717) is 0 Å². The molecule has 0 aromatic rings. The van der Waals surface area contributed by atoms with E-state index in [1.807, 2.05) is 0 Å². The van der Waals surface area contributed by atoms with Crippen LogP contribution in [0.1, 0.15) is 12.8 Å². The summed E-state index contributed by atoms with van der Waals surface area (Å²) in [5.74, 6) is 2.22. The van der Waals surface area contributed by atoms with Crippen LogP contribution in [0.15, 0.2) is 0 Å². The van der Waals surface area contributed by atoms with E-state index in [-0.39, 0.29) is 0 Å². The van der Waals surface area contributed by atoms with Crippen LogP contribution in [-0.2, 0) is 0 Å². The molecule has 2 nitrogen and oxygen atoms in total. The standard InChI is InChI=1S/C9H16N2/c1-2-11-6-8-3-7(8)4-9(11)5-10-1/h7-10H,1-6H2. The topological polar surface area (TPSA) is 15.3 Å². The molecular weight excluding hydrogens is 136 g/mol. The fraction of sp³-hybridized carbons (Fsp3) is 1.00. The Balaban J connectivity index is 1.73. The normalized spacial score (nSPS) is 49.6. The molecule has 3 aliphatic rings. The predicted octanol–water partition coefficient (Wildman–Crippen LogP) is 0.300. The minimum absolute atomic E-state index is 0.896. The summed E-state index contributed by atoms with van der Waals surface area (Å²) >= 11 is 0. The van der Waals surface area contributed by atoms with Gasteiger partial charge in [-0.05, 0) is 24.7 Å². The quantitative estimate of drug-likeness (QED) is 0.537. The molecule has 0 amide bonds. The fourth-order valence-corrected chi connectivity index (χ4v) is 2.75. The molecule has 1 aliphatic carbocycles. The van der Waals surface area contributed by atoms with Crippen LogP contribution in [0.2, 0.25) is 0 Å². The van der Waals surface area contributed by atoms with E-state index in [9.17, 15) is 0 Å². The predicted molar refractivity (Wildman–Crippen MR) is 44.4 cm³/mol. The molecule has 3 atom stereocenters. The zero-order valence-corrected chi connectivity index (χ0v) is 6.92. The lowest BCUT2D eigenvalue weighted by molar-refractivity contribution is 0.114. The molecule has 0 spiro atoms. The van der Waals surface area contributed by atoms with Crippen molar-refractivity contribution in [3.63, 3.8) is 0 Å². The summed E-state index contributed by atoms with van der Waals surface area (Å²) < 4.78 is 0. The van der Waals surface area contributed by atoms with Crippen molar-refractivity contribution in [3.05, 3.63) is 0 Å². The first-order valence-electron chi connectivity index (χ1n) is 4.88. The van der Waals surface area contributed by atoms with Crippen molar-refractivity contribution in [2.24, 2.45) is 11.8 Å². The van der Waals surface area contributed by atoms with Crippen LogP contribution in [0, 0.1) is 11.8 Å². The van der Waals surface area contributed by atoms with Crippen LogP contribution < -0.4 is 5.32 Å². The summed E-state index contributed by atoms with van der Waals surface area (Å²) in [5.41, 5.74) is 0. The summed E-state index contributed by atoms with van der Waals surface area (Å²) in [6, 6.07) is 0.896. The smallest absolute Gasteiger partial charge is 0.0224 e. The third kappa shape index (κ3) is 1.00. The largest absolute Gasteiger partial charge is 0.314 e. The van der Waals surface area contributed by atoms with Crippen molar-refractivity contribution in [3.8, 4) is 0 Å². The molecular formula is C9H16N2. The van der Waals surface area contributed by atoms with Crippen LogP contribution in [0.25, 0.3) is 0 Å². The average molecular weight is 152 g/mol. The highest BCUT2D eigenvalue weighted by Crippen LogP contribution is 2.47. The molecule has 2 aliphatic heterocycles. The van der Waals surface area contributed by atoms with Gasteiger partial charge in [0.15, 0.2) is 0 Å². The Labute approximate surface area is 68.0 Å². The number of piperazine rings is 1. The lowest BCUT2D eigenvalue weighted by Gasteiger charge is -2.39. The zero-order valence-electron chi connectivity index (χ0n) is 6.92. The minimum Gasteiger partial charge on any atom is -0.314 e. The van der Waals surface area contributed by atoms with Gasteiger partial charge in [0.25, 0.3) is 0 Å². The molecule has 0 aromatic heterocycles. The SMILES string of the molecule is C1CN2CC3CC3CC2CN1. The number of piperidine rings is 1. The molecule has 11 heavy (non-hydrogen) atoms. The molecule has 0 bridgehead atoms. The molecule has 62 valence electrons. The number of fused-ring (bicyclic) bond motifs is 2. The van der Waals surface area contributed by atoms with Gasteiger partial charge < -0.3 is 5.32 Å². The number of hydrogen-bond donors (Lipinski definition) is 1. The van der Waals surface area contributed by atoms with Gasteiger partial charge in [-0.25, -0.2) is 0 Å². The molecule has 2 heteroatoms. The second-order valence-electron chi connectivity index (χ2n) is 4.34. The van der Waals surface area contributed by atoms with Gasteiger partial charge >= 0.3 is 0 Å². The number of nitrogens with one attached hydrogen (secondary N) is 1. The molecule has 3 fully saturated rings. The molecule has 3 unspecified atom stereocenters. The highest BCUT2D eigenvalue weighted by Gasteiger charge is 2.45. The van der Waals surface area contributed by atoms with E-state index in [2.05, 4.69) is 10.2 Å². The number of hydrogen-bond acceptors (Lipinski definition) is 2. The average Bonchev–Trinajstić information content (AvgIpc) is 2.77. The maximum atomic E-state index is 3.48. The summed E-state index contributed by atoms with van der Waals surface area (Å²) in [6.45, 7) is 5.18. The van der Waals surface area contributed by atoms with Crippen LogP contribution in [0.5, 0.6) is 0 Å². The van der Waals surface area contributed by atoms with Crippen LogP contribution in [0.4, 0.5) is 0 Å². The van der Waals surface area contributed by atoms with Crippen molar-refractivity contribution in [2.75, 3.05) is 26.2 Å². The minimum atomic E-state index is 0.896. The Morgan fingerprint density at radius 1 is 1.18 bits per heavy atom. The molecule has 0 radical (unpaired) electrons. The maximum Gasteiger partial charge on any atom is 0.0224 e. The number of rotatable bonds is 0. The van der Waals surface area contributed by atoms with Crippen molar-refractivity contribution in [2.45, 2.75) is 18.9 Å². The molecule has 2 saturated heterocycles. The fourth-order valence-electron chi connectivity index (χ4n) is 2.75. The highest BCUT2D eigenvalue weighted by molar-refractivity contribution is 4.99. The van der Waals surface area contributed by atoms with Crippen molar-refractivity contribution < 1.29 is 0 Å². The van der Waals surface area contributed by atoms with Crippen LogP contribution in [-0.4, -0.2) is 37.1 Å². The van der Waals surface area contributed by atoms with E-state index in [4.69, 9.17) is 0 Å². The Kier molecular flexibility index (Phi) is 1.29. The summed E-state index contributed by atoms with van der Waals surface area (Å²) in [6.07, 6.45) is 3.02. The number of nitrogens with zero attached hydrogens (tertiary/aromatic N) is 1. The Hall–Kier alpha value is -0.0800. The van der Waals surface area contributed by atoms with Crippen LogP contribution >= 0.6 is 0 Å². The molecule has 2 heterocycles. The third-order valence-electron chi connectivity index (χ3n) is 3.59. The van der Waals surface area contributed by atoms with E-state index in [1.165, 1.54) is 39.0 Å². The monoisotopic (exact) mass is 152 g/mol. The lowest BCUT2D eigenvalue weighted by atomic mass is 10.0. The zero-order chi connectivity index (χ0) is 7.26. The van der Waals surface area contributed by atoms with Gasteiger partial charge in [0, 0.05) is 32.2 Å². The molecule has 3 rings (SSSR count). The first-order valence-corrected chi connectivity index (χ1v) is 4.88. The van der Waals surface area contributed by atoms with Crippen LogP contribution in [0.3, 0.4) is 0 Å². The first kappa shape index (κ1) is 6.44. The van der Waals surface area contributed by atoms with Gasteiger partial charge in [0.05, 0.1) is 0 Å². The van der Waals surface area contributed by atoms with Crippen molar-refractivity contribution in [1.29, 1.82) is 0 Å². The Morgan fingerprint density at radius 2 is 2.18 bits per heavy atom. The molecule has 1 N–H and O–H groups in total. The van der Waals surface area contributed by atoms with E-state index < -0.39 is 0 Å². The van der Waals surface area contributed by atoms with Gasteiger partial charge in [-0.1, -0.05) is 0 Å². The summed E-state index contributed by atoms with van der Waals surface area (Å²) in [7, 11) is 0. The highest BCUT2D eigenvalue weighted by atomic mass is 15.2. The van der Waals surface area contributed by atoms with E-state index in [0.717, 1.165) is 17.9 Å².